The van der Waals surface area contributed by atoms with Gasteiger partial charge in [-0.1, -0.05) is 206 Å². The number of benzene rings is 9. The Morgan fingerprint density at radius 2 is 0.553 bits per heavy atom. The topological polar surface area (TPSA) is 38.7 Å². The lowest BCUT2D eigenvalue weighted by molar-refractivity contribution is 1.26. The summed E-state index contributed by atoms with van der Waals surface area (Å²) in [6.07, 6.45) is 5.87. The molecule has 0 bridgehead atoms. The first-order valence-corrected chi connectivity index (χ1v) is 26.0. The maximum atomic E-state index is 4.97. The van der Waals surface area contributed by atoms with E-state index in [2.05, 4.69) is 270 Å². The monoisotopic (exact) mass is 973 g/mol. The third-order valence-corrected chi connectivity index (χ3v) is 14.7. The summed E-state index contributed by atoms with van der Waals surface area (Å²) in [4.78, 5) is 14.4. The fourth-order valence-corrected chi connectivity index (χ4v) is 10.5. The predicted octanol–water partition coefficient (Wildman–Crippen LogP) is 19.4. The third kappa shape index (κ3) is 9.71. The molecule has 3 aromatic heterocycles. The second-order valence-corrected chi connectivity index (χ2v) is 19.9. The van der Waals surface area contributed by atoms with Crippen molar-refractivity contribution in [3.8, 4) is 123 Å². The number of hydrogen-bond donors (Lipinski definition) is 0. The quantitative estimate of drug-likeness (QED) is 0.130. The van der Waals surface area contributed by atoms with Crippen LogP contribution in [0.5, 0.6) is 0 Å². The molecule has 0 fully saturated rings. The number of pyridine rings is 3. The van der Waals surface area contributed by atoms with Crippen molar-refractivity contribution in [3.05, 3.63) is 283 Å². The Bertz CT molecular complexity index is 3870. The summed E-state index contributed by atoms with van der Waals surface area (Å²) in [5, 5.41) is 0. The van der Waals surface area contributed by atoms with Crippen molar-refractivity contribution in [1.82, 2.24) is 15.0 Å². The molecule has 12 aromatic rings. The molecule has 0 saturated carbocycles. The van der Waals surface area contributed by atoms with E-state index in [4.69, 9.17) is 15.0 Å². The average Bonchev–Trinajstić information content (AvgIpc) is 3.48. The van der Waals surface area contributed by atoms with E-state index in [0.717, 1.165) is 106 Å². The van der Waals surface area contributed by atoms with E-state index in [1.807, 2.05) is 18.6 Å². The van der Waals surface area contributed by atoms with Crippen LogP contribution >= 0.6 is 0 Å². The van der Waals surface area contributed by atoms with Gasteiger partial charge in [0.15, 0.2) is 0 Å². The van der Waals surface area contributed by atoms with Gasteiger partial charge in [-0.05, 0) is 175 Å². The fraction of sp³-hybridized carbons (Fsp3) is 0.0548. The molecule has 362 valence electrons. The van der Waals surface area contributed by atoms with Crippen LogP contribution in [0.25, 0.3) is 123 Å². The lowest BCUT2D eigenvalue weighted by Gasteiger charge is -2.18. The van der Waals surface area contributed by atoms with Crippen LogP contribution in [-0.2, 0) is 0 Å². The van der Waals surface area contributed by atoms with Gasteiger partial charge in [-0.25, -0.2) is 0 Å². The molecule has 0 spiro atoms. The molecule has 3 nitrogen and oxygen atoms in total. The minimum atomic E-state index is 0.949. The van der Waals surface area contributed by atoms with Crippen LogP contribution in [0.3, 0.4) is 0 Å². The maximum Gasteiger partial charge on any atom is 0.0708 e. The van der Waals surface area contributed by atoms with Crippen molar-refractivity contribution in [2.75, 3.05) is 0 Å². The van der Waals surface area contributed by atoms with Crippen LogP contribution in [0.4, 0.5) is 0 Å². The first-order chi connectivity index (χ1) is 37.3. The van der Waals surface area contributed by atoms with Crippen molar-refractivity contribution in [1.29, 1.82) is 0 Å². The van der Waals surface area contributed by atoms with Gasteiger partial charge in [0.2, 0.25) is 0 Å². The summed E-state index contributed by atoms with van der Waals surface area (Å²) in [6.45, 7) is 8.50. The van der Waals surface area contributed by atoms with E-state index < -0.39 is 0 Å². The second kappa shape index (κ2) is 20.7. The molecule has 12 rings (SSSR count). The SMILES string of the molecule is Cc1ccc(-c2ccc(-c3ccccc3-c3cc(-c4ccccc4-c4ccc(-c5ccc(C)cn5)cc4)cc(-c4ccccc4-c4ccc(-c5cc(-c6ccc(-c7ccccc7)cc6C)c(C)cn5)cc4)c3)cc2)nc1. The molecule has 0 N–H and O–H groups in total. The molecular formula is C73H55N3. The van der Waals surface area contributed by atoms with Crippen molar-refractivity contribution < 1.29 is 0 Å². The zero-order chi connectivity index (χ0) is 51.5. The zero-order valence-electron chi connectivity index (χ0n) is 43.2. The van der Waals surface area contributed by atoms with E-state index in [1.54, 1.807) is 0 Å². The molecular weight excluding hydrogens is 919 g/mol. The summed E-state index contributed by atoms with van der Waals surface area (Å²) in [6, 6.07) is 88.1. The highest BCUT2D eigenvalue weighted by atomic mass is 14.7. The van der Waals surface area contributed by atoms with E-state index in [0.29, 0.717) is 0 Å². The normalized spacial score (nSPS) is 11.2. The van der Waals surface area contributed by atoms with Crippen molar-refractivity contribution in [2.45, 2.75) is 27.7 Å². The van der Waals surface area contributed by atoms with Crippen LogP contribution in [0.1, 0.15) is 22.3 Å². The number of aryl methyl sites for hydroxylation is 4. The standard InChI is InChI=1S/C73H55N3/c1-48-22-38-71(74-45-48)56-30-24-53(25-31-56)64-16-8-11-19-67(64)60-41-61(68-20-12-9-17-65(68)54-26-32-57(33-27-54)72-39-23-49(2)46-75-72)43-62(42-60)69-21-13-10-18-66(69)55-28-34-58(35-29-55)73-44-70(51(4)47-76-73)63-37-36-59(40-50(63)3)52-14-6-5-7-15-52/h5-47H,1-4H3. The lowest BCUT2D eigenvalue weighted by atomic mass is 9.86. The summed E-state index contributed by atoms with van der Waals surface area (Å²) < 4.78 is 0. The van der Waals surface area contributed by atoms with Crippen LogP contribution < -0.4 is 0 Å². The Morgan fingerprint density at radius 1 is 0.197 bits per heavy atom. The summed E-state index contributed by atoms with van der Waals surface area (Å²) in [5.74, 6) is 0. The first-order valence-electron chi connectivity index (χ1n) is 26.0. The van der Waals surface area contributed by atoms with Crippen LogP contribution in [0, 0.1) is 27.7 Å². The summed E-state index contributed by atoms with van der Waals surface area (Å²) in [7, 11) is 0. The smallest absolute Gasteiger partial charge is 0.0708 e. The van der Waals surface area contributed by atoms with Crippen LogP contribution in [0.15, 0.2) is 261 Å². The highest BCUT2D eigenvalue weighted by Crippen LogP contribution is 2.43. The van der Waals surface area contributed by atoms with Gasteiger partial charge in [-0.2, -0.15) is 0 Å². The molecule has 0 amide bonds. The van der Waals surface area contributed by atoms with E-state index in [1.165, 1.54) is 38.9 Å². The molecule has 0 aliphatic rings. The van der Waals surface area contributed by atoms with Gasteiger partial charge in [-0.15, -0.1) is 0 Å². The molecule has 0 unspecified atom stereocenters. The van der Waals surface area contributed by atoms with Crippen LogP contribution in [0.2, 0.25) is 0 Å². The average molecular weight is 974 g/mol. The Hall–Kier alpha value is -9.57. The Balaban J connectivity index is 0.939. The second-order valence-electron chi connectivity index (χ2n) is 19.9. The first kappa shape index (κ1) is 47.4. The van der Waals surface area contributed by atoms with Crippen molar-refractivity contribution >= 4 is 0 Å². The molecule has 0 atom stereocenters. The summed E-state index contributed by atoms with van der Waals surface area (Å²) in [5.41, 5.74) is 29.5. The van der Waals surface area contributed by atoms with E-state index in [-0.39, 0.29) is 0 Å². The van der Waals surface area contributed by atoms with Gasteiger partial charge in [0.1, 0.15) is 0 Å². The number of nitrogens with zero attached hydrogens (tertiary/aromatic N) is 3. The lowest BCUT2D eigenvalue weighted by Crippen LogP contribution is -1.93. The number of hydrogen-bond acceptors (Lipinski definition) is 3. The third-order valence-electron chi connectivity index (χ3n) is 14.7. The summed E-state index contributed by atoms with van der Waals surface area (Å²) >= 11 is 0. The maximum absolute atomic E-state index is 4.97. The molecule has 0 aliphatic carbocycles. The molecule has 0 saturated heterocycles. The van der Waals surface area contributed by atoms with Gasteiger partial charge >= 0.3 is 0 Å². The molecule has 3 heteroatoms. The number of rotatable bonds is 11. The van der Waals surface area contributed by atoms with Crippen molar-refractivity contribution in [2.24, 2.45) is 0 Å². The Labute approximate surface area is 446 Å². The molecule has 76 heavy (non-hydrogen) atoms. The zero-order valence-corrected chi connectivity index (χ0v) is 43.2. The molecule has 3 heterocycles. The van der Waals surface area contributed by atoms with E-state index >= 15 is 0 Å². The van der Waals surface area contributed by atoms with E-state index in [9.17, 15) is 0 Å². The highest BCUT2D eigenvalue weighted by Gasteiger charge is 2.18. The largest absolute Gasteiger partial charge is 0.256 e. The molecule has 9 aromatic carbocycles. The number of aromatic nitrogens is 3. The van der Waals surface area contributed by atoms with Gasteiger partial charge in [0.25, 0.3) is 0 Å². The molecule has 0 radical (unpaired) electrons. The predicted molar refractivity (Wildman–Crippen MR) is 319 cm³/mol. The minimum Gasteiger partial charge on any atom is -0.256 e. The van der Waals surface area contributed by atoms with Crippen LogP contribution in [-0.4, -0.2) is 15.0 Å². The van der Waals surface area contributed by atoms with Gasteiger partial charge in [-0.3, -0.25) is 15.0 Å². The Kier molecular flexibility index (Phi) is 12.9. The minimum absolute atomic E-state index is 0.949. The van der Waals surface area contributed by atoms with Gasteiger partial charge in [0.05, 0.1) is 17.1 Å². The van der Waals surface area contributed by atoms with Crippen molar-refractivity contribution in [3.63, 3.8) is 0 Å². The highest BCUT2D eigenvalue weighted by molar-refractivity contribution is 5.94. The van der Waals surface area contributed by atoms with Gasteiger partial charge in [0, 0.05) is 35.3 Å². The molecule has 0 aliphatic heterocycles. The Morgan fingerprint density at radius 3 is 0.947 bits per heavy atom. The fourth-order valence-electron chi connectivity index (χ4n) is 10.5. The van der Waals surface area contributed by atoms with Gasteiger partial charge < -0.3 is 0 Å².